The molecule has 0 fully saturated rings. The van der Waals surface area contributed by atoms with Gasteiger partial charge in [0.05, 0.1) is 11.6 Å². The summed E-state index contributed by atoms with van der Waals surface area (Å²) in [5.41, 5.74) is 4.88. The first kappa shape index (κ1) is 18.3. The van der Waals surface area contributed by atoms with Crippen molar-refractivity contribution in [1.82, 2.24) is 5.32 Å². The van der Waals surface area contributed by atoms with Gasteiger partial charge in [-0.25, -0.2) is 0 Å². The molecule has 0 saturated carbocycles. The summed E-state index contributed by atoms with van der Waals surface area (Å²) in [6, 6.07) is -0.250. The Morgan fingerprint density at radius 3 is 2.21 bits per heavy atom. The molecule has 0 aromatic rings. The van der Waals surface area contributed by atoms with Gasteiger partial charge in [0.1, 0.15) is 5.78 Å². The lowest BCUT2D eigenvalue weighted by molar-refractivity contribution is -0.127. The fourth-order valence-electron chi connectivity index (χ4n) is 2.02. The standard InChI is InChI=1S/C15H30N2O2/c1-6-15(5,12(4)18)17-13(9-7-8-10-16)14(19)11(2)3/h11,13,17H,6-10,16H2,1-5H3/t13-,15-/m0/s1. The fraction of sp³-hybridized carbons (Fsp3) is 0.867. The second-order valence-electron chi connectivity index (χ2n) is 5.78. The molecule has 0 saturated heterocycles. The Balaban J connectivity index is 4.83. The van der Waals surface area contributed by atoms with E-state index in [0.29, 0.717) is 13.0 Å². The van der Waals surface area contributed by atoms with Crippen LogP contribution in [0, 0.1) is 5.92 Å². The monoisotopic (exact) mass is 270 g/mol. The number of hydrogen-bond donors (Lipinski definition) is 2. The molecular formula is C15H30N2O2. The lowest BCUT2D eigenvalue weighted by Gasteiger charge is -2.32. The summed E-state index contributed by atoms with van der Waals surface area (Å²) in [6.07, 6.45) is 3.25. The third-order valence-electron chi connectivity index (χ3n) is 3.84. The van der Waals surface area contributed by atoms with Crippen LogP contribution in [0.2, 0.25) is 0 Å². The van der Waals surface area contributed by atoms with E-state index in [2.05, 4.69) is 5.32 Å². The molecule has 0 spiro atoms. The minimum absolute atomic E-state index is 0.0246. The Kier molecular flexibility index (Phi) is 8.11. The van der Waals surface area contributed by atoms with Crippen LogP contribution in [-0.2, 0) is 9.59 Å². The first-order chi connectivity index (χ1) is 8.78. The van der Waals surface area contributed by atoms with Crippen LogP contribution in [-0.4, -0.2) is 29.7 Å². The van der Waals surface area contributed by atoms with Gasteiger partial charge in [-0.2, -0.15) is 0 Å². The SMILES string of the molecule is CC[C@](C)(N[C@@H](CCCCN)C(=O)C(C)C)C(C)=O. The number of unbranched alkanes of at least 4 members (excludes halogenated alkanes) is 1. The van der Waals surface area contributed by atoms with Crippen LogP contribution in [0.25, 0.3) is 0 Å². The number of nitrogens with two attached hydrogens (primary N) is 1. The second kappa shape index (κ2) is 8.43. The van der Waals surface area contributed by atoms with E-state index < -0.39 is 5.54 Å². The van der Waals surface area contributed by atoms with Gasteiger partial charge in [0, 0.05) is 5.92 Å². The average molecular weight is 270 g/mol. The zero-order valence-corrected chi connectivity index (χ0v) is 13.1. The maximum absolute atomic E-state index is 12.2. The Morgan fingerprint density at radius 1 is 1.26 bits per heavy atom. The molecule has 0 aromatic heterocycles. The summed E-state index contributed by atoms with van der Waals surface area (Å²) in [4.78, 5) is 24.0. The third kappa shape index (κ3) is 5.83. The predicted octanol–water partition coefficient (Wildman–Crippen LogP) is 2.06. The van der Waals surface area contributed by atoms with E-state index in [4.69, 9.17) is 5.73 Å². The molecule has 2 atom stereocenters. The van der Waals surface area contributed by atoms with Gasteiger partial charge in [0.25, 0.3) is 0 Å². The fourth-order valence-corrected chi connectivity index (χ4v) is 2.02. The number of ketones is 2. The highest BCUT2D eigenvalue weighted by Crippen LogP contribution is 2.16. The van der Waals surface area contributed by atoms with E-state index in [1.165, 1.54) is 0 Å². The molecule has 0 amide bonds. The average Bonchev–Trinajstić information content (AvgIpc) is 2.36. The molecule has 0 rings (SSSR count). The van der Waals surface area contributed by atoms with Gasteiger partial charge in [0.2, 0.25) is 0 Å². The van der Waals surface area contributed by atoms with Gasteiger partial charge >= 0.3 is 0 Å². The van der Waals surface area contributed by atoms with Crippen molar-refractivity contribution in [2.24, 2.45) is 11.7 Å². The van der Waals surface area contributed by atoms with Crippen molar-refractivity contribution in [3.05, 3.63) is 0 Å². The molecule has 0 heterocycles. The van der Waals surface area contributed by atoms with Crippen LogP contribution in [0.1, 0.15) is 60.3 Å². The molecule has 3 N–H and O–H groups in total. The zero-order valence-electron chi connectivity index (χ0n) is 13.1. The van der Waals surface area contributed by atoms with Gasteiger partial charge in [-0.15, -0.1) is 0 Å². The molecule has 4 heteroatoms. The number of nitrogens with one attached hydrogen (secondary N) is 1. The molecule has 0 aromatic carbocycles. The van der Waals surface area contributed by atoms with Crippen LogP contribution in [0.5, 0.6) is 0 Å². The van der Waals surface area contributed by atoms with Gasteiger partial charge in [0.15, 0.2) is 5.78 Å². The number of carbonyl (C=O) groups is 2. The summed E-state index contributed by atoms with van der Waals surface area (Å²) in [7, 11) is 0. The first-order valence-electron chi connectivity index (χ1n) is 7.31. The molecule has 112 valence electrons. The van der Waals surface area contributed by atoms with E-state index in [9.17, 15) is 9.59 Å². The summed E-state index contributed by atoms with van der Waals surface area (Å²) < 4.78 is 0. The predicted molar refractivity (Wildman–Crippen MR) is 79.1 cm³/mol. The first-order valence-corrected chi connectivity index (χ1v) is 7.31. The Hall–Kier alpha value is -0.740. The van der Waals surface area contributed by atoms with Crippen molar-refractivity contribution < 1.29 is 9.59 Å². The smallest absolute Gasteiger partial charge is 0.152 e. The van der Waals surface area contributed by atoms with E-state index in [1.54, 1.807) is 6.92 Å². The summed E-state index contributed by atoms with van der Waals surface area (Å²) in [6.45, 7) is 9.85. The van der Waals surface area contributed by atoms with Crippen LogP contribution < -0.4 is 11.1 Å². The molecular weight excluding hydrogens is 240 g/mol. The Morgan fingerprint density at radius 2 is 1.84 bits per heavy atom. The quantitative estimate of drug-likeness (QED) is 0.596. The maximum atomic E-state index is 12.2. The van der Waals surface area contributed by atoms with Gasteiger partial charge in [-0.05, 0) is 39.7 Å². The topological polar surface area (TPSA) is 72.2 Å². The number of rotatable bonds is 10. The molecule has 0 aliphatic carbocycles. The van der Waals surface area contributed by atoms with Crippen LogP contribution >= 0.6 is 0 Å². The van der Waals surface area contributed by atoms with Crippen molar-refractivity contribution >= 4 is 11.6 Å². The van der Waals surface area contributed by atoms with Crippen molar-refractivity contribution in [1.29, 1.82) is 0 Å². The highest BCUT2D eigenvalue weighted by Gasteiger charge is 2.33. The Labute approximate surface area is 117 Å². The molecule has 0 unspecified atom stereocenters. The highest BCUT2D eigenvalue weighted by molar-refractivity contribution is 5.89. The number of hydrogen-bond acceptors (Lipinski definition) is 4. The molecule has 0 aliphatic heterocycles. The van der Waals surface area contributed by atoms with E-state index in [0.717, 1.165) is 19.3 Å². The van der Waals surface area contributed by atoms with Crippen molar-refractivity contribution in [3.8, 4) is 0 Å². The third-order valence-corrected chi connectivity index (χ3v) is 3.84. The van der Waals surface area contributed by atoms with E-state index in [-0.39, 0.29) is 23.5 Å². The number of Topliss-reactive ketones (excluding diaryl/α,β-unsaturated/α-hetero) is 2. The minimum atomic E-state index is -0.613. The zero-order chi connectivity index (χ0) is 15.1. The van der Waals surface area contributed by atoms with E-state index in [1.807, 2.05) is 27.7 Å². The number of carbonyl (C=O) groups excluding carboxylic acids is 2. The normalized spacial score (nSPS) is 16.2. The summed E-state index contributed by atoms with van der Waals surface area (Å²) in [5.74, 6) is 0.233. The summed E-state index contributed by atoms with van der Waals surface area (Å²) in [5, 5.41) is 3.28. The van der Waals surface area contributed by atoms with Gasteiger partial charge in [-0.3, -0.25) is 14.9 Å². The molecule has 0 aliphatic rings. The molecule has 4 nitrogen and oxygen atoms in total. The minimum Gasteiger partial charge on any atom is -0.330 e. The highest BCUT2D eigenvalue weighted by atomic mass is 16.1. The lowest BCUT2D eigenvalue weighted by Crippen LogP contribution is -2.55. The molecule has 0 radical (unpaired) electrons. The Bertz CT molecular complexity index is 303. The van der Waals surface area contributed by atoms with Crippen LogP contribution in [0.4, 0.5) is 0 Å². The molecule has 19 heavy (non-hydrogen) atoms. The van der Waals surface area contributed by atoms with Crippen LogP contribution in [0.3, 0.4) is 0 Å². The molecule has 0 bridgehead atoms. The van der Waals surface area contributed by atoms with Crippen LogP contribution in [0.15, 0.2) is 0 Å². The second-order valence-corrected chi connectivity index (χ2v) is 5.78. The van der Waals surface area contributed by atoms with Gasteiger partial charge in [-0.1, -0.05) is 27.2 Å². The van der Waals surface area contributed by atoms with Crippen molar-refractivity contribution in [2.75, 3.05) is 6.54 Å². The van der Waals surface area contributed by atoms with Crippen molar-refractivity contribution in [2.45, 2.75) is 71.9 Å². The van der Waals surface area contributed by atoms with Crippen molar-refractivity contribution in [3.63, 3.8) is 0 Å². The van der Waals surface area contributed by atoms with Gasteiger partial charge < -0.3 is 5.73 Å². The lowest BCUT2D eigenvalue weighted by atomic mass is 9.89. The maximum Gasteiger partial charge on any atom is 0.152 e. The summed E-state index contributed by atoms with van der Waals surface area (Å²) >= 11 is 0. The van der Waals surface area contributed by atoms with E-state index >= 15 is 0 Å². The largest absolute Gasteiger partial charge is 0.330 e.